The van der Waals surface area contributed by atoms with Gasteiger partial charge in [-0.2, -0.15) is 0 Å². The second kappa shape index (κ2) is 14.0. The SMILES string of the molecule is CC.CN(CCNc1ccc2c3c(cccc13)C(=O)N(CCOCCO)C2=O)Cc1ccccc1B(O)O. The minimum absolute atomic E-state index is 0.116. The van der Waals surface area contributed by atoms with Crippen molar-refractivity contribution in [2.45, 2.75) is 20.4 Å². The van der Waals surface area contributed by atoms with Crippen molar-refractivity contribution in [3.05, 3.63) is 71.3 Å². The van der Waals surface area contributed by atoms with Gasteiger partial charge in [-0.25, -0.2) is 0 Å². The van der Waals surface area contributed by atoms with Gasteiger partial charge in [0.25, 0.3) is 11.8 Å². The second-order valence-electron chi connectivity index (χ2n) is 8.72. The van der Waals surface area contributed by atoms with Gasteiger partial charge in [-0.1, -0.05) is 50.2 Å². The lowest BCUT2D eigenvalue weighted by atomic mass is 9.77. The van der Waals surface area contributed by atoms with E-state index in [2.05, 4.69) is 10.2 Å². The van der Waals surface area contributed by atoms with Crippen molar-refractivity contribution in [1.82, 2.24) is 9.80 Å². The van der Waals surface area contributed by atoms with Crippen molar-refractivity contribution in [3.63, 3.8) is 0 Å². The van der Waals surface area contributed by atoms with Gasteiger partial charge in [0.15, 0.2) is 0 Å². The van der Waals surface area contributed by atoms with Crippen LogP contribution in [-0.2, 0) is 11.3 Å². The minimum atomic E-state index is -1.51. The Labute approximate surface area is 223 Å². The summed E-state index contributed by atoms with van der Waals surface area (Å²) in [5.41, 5.74) is 3.12. The maximum Gasteiger partial charge on any atom is 0.488 e. The van der Waals surface area contributed by atoms with E-state index < -0.39 is 7.12 Å². The predicted molar refractivity (Wildman–Crippen MR) is 150 cm³/mol. The van der Waals surface area contributed by atoms with Crippen LogP contribution in [0, 0.1) is 0 Å². The summed E-state index contributed by atoms with van der Waals surface area (Å²) >= 11 is 0. The molecule has 38 heavy (non-hydrogen) atoms. The smallest absolute Gasteiger partial charge is 0.423 e. The van der Waals surface area contributed by atoms with Crippen LogP contribution in [0.3, 0.4) is 0 Å². The molecule has 0 bridgehead atoms. The zero-order valence-electron chi connectivity index (χ0n) is 22.2. The topological polar surface area (TPSA) is 123 Å². The van der Waals surface area contributed by atoms with Gasteiger partial charge in [-0.05, 0) is 36.3 Å². The Bertz CT molecular complexity index is 1230. The van der Waals surface area contributed by atoms with Crippen LogP contribution in [0.15, 0.2) is 54.6 Å². The Morgan fingerprint density at radius 1 is 0.947 bits per heavy atom. The minimum Gasteiger partial charge on any atom is -0.423 e. The van der Waals surface area contributed by atoms with Crippen LogP contribution in [0.5, 0.6) is 0 Å². The molecule has 0 aromatic heterocycles. The van der Waals surface area contributed by atoms with Crippen molar-refractivity contribution in [3.8, 4) is 0 Å². The molecule has 2 amide bonds. The number of carbonyl (C=O) groups excluding carboxylic acids is 2. The van der Waals surface area contributed by atoms with Gasteiger partial charge >= 0.3 is 7.12 Å². The maximum atomic E-state index is 13.1. The first-order valence-electron chi connectivity index (χ1n) is 12.9. The fraction of sp³-hybridized carbons (Fsp3) is 0.357. The lowest BCUT2D eigenvalue weighted by molar-refractivity contribution is 0.0478. The molecule has 0 saturated carbocycles. The van der Waals surface area contributed by atoms with Gasteiger partial charge in [0.1, 0.15) is 0 Å². The maximum absolute atomic E-state index is 13.1. The Kier molecular flexibility index (Phi) is 10.8. The molecule has 1 aliphatic rings. The van der Waals surface area contributed by atoms with E-state index in [1.807, 2.05) is 51.2 Å². The Balaban J connectivity index is 0.00000195. The highest BCUT2D eigenvalue weighted by atomic mass is 16.5. The number of ether oxygens (including phenoxy) is 1. The Morgan fingerprint density at radius 3 is 2.37 bits per heavy atom. The summed E-state index contributed by atoms with van der Waals surface area (Å²) in [6.07, 6.45) is 0. The molecule has 1 aliphatic heterocycles. The van der Waals surface area contributed by atoms with E-state index in [0.29, 0.717) is 41.6 Å². The molecule has 202 valence electrons. The van der Waals surface area contributed by atoms with E-state index in [4.69, 9.17) is 9.84 Å². The third kappa shape index (κ3) is 6.58. The van der Waals surface area contributed by atoms with Gasteiger partial charge < -0.3 is 30.1 Å². The molecule has 0 radical (unpaired) electrons. The summed E-state index contributed by atoms with van der Waals surface area (Å²) in [6, 6.07) is 16.3. The number of aliphatic hydroxyl groups is 1. The van der Waals surface area contributed by atoms with Gasteiger partial charge in [0, 0.05) is 47.2 Å². The van der Waals surface area contributed by atoms with Gasteiger partial charge in [0.2, 0.25) is 0 Å². The van der Waals surface area contributed by atoms with Crippen molar-refractivity contribution in [1.29, 1.82) is 0 Å². The number of hydrogen-bond donors (Lipinski definition) is 4. The number of imide groups is 1. The normalized spacial score (nSPS) is 12.6. The summed E-state index contributed by atoms with van der Waals surface area (Å²) in [6.45, 7) is 6.17. The molecule has 0 aliphatic carbocycles. The molecule has 0 unspecified atom stereocenters. The van der Waals surface area contributed by atoms with Crippen molar-refractivity contribution < 1.29 is 29.5 Å². The van der Waals surface area contributed by atoms with Crippen LogP contribution >= 0.6 is 0 Å². The van der Waals surface area contributed by atoms with E-state index in [1.165, 1.54) is 4.90 Å². The van der Waals surface area contributed by atoms with Gasteiger partial charge in [-0.3, -0.25) is 14.5 Å². The molecular weight excluding hydrogens is 485 g/mol. The lowest BCUT2D eigenvalue weighted by Crippen LogP contribution is -2.42. The average molecular weight is 521 g/mol. The number of nitrogens with one attached hydrogen (secondary N) is 1. The molecule has 0 saturated heterocycles. The highest BCUT2D eigenvalue weighted by Crippen LogP contribution is 2.34. The van der Waals surface area contributed by atoms with Crippen molar-refractivity contribution >= 4 is 40.9 Å². The first kappa shape index (κ1) is 29.3. The largest absolute Gasteiger partial charge is 0.488 e. The molecule has 3 aromatic rings. The van der Waals surface area contributed by atoms with Crippen LogP contribution in [0.2, 0.25) is 0 Å². The summed E-state index contributed by atoms with van der Waals surface area (Å²) < 4.78 is 5.25. The standard InChI is InChI=1S/C26H30BN3O6.C2H6/c1-29(17-18-5-2-3-8-22(18)27(34)35)12-11-28-23-10-9-21-24-19(23)6-4-7-20(24)25(32)30(26(21)33)13-15-36-16-14-31;1-2/h2-10,28,31,34-35H,11-17H2,1H3;1-2H3. The van der Waals surface area contributed by atoms with Crippen LogP contribution in [0.25, 0.3) is 10.8 Å². The fourth-order valence-corrected chi connectivity index (χ4v) is 4.51. The van der Waals surface area contributed by atoms with Crippen LogP contribution in [0.1, 0.15) is 40.1 Å². The number of anilines is 1. The summed E-state index contributed by atoms with van der Waals surface area (Å²) in [7, 11) is 0.440. The number of rotatable bonds is 12. The molecule has 1 heterocycles. The van der Waals surface area contributed by atoms with E-state index in [1.54, 1.807) is 24.3 Å². The molecule has 4 rings (SSSR count). The highest BCUT2D eigenvalue weighted by Gasteiger charge is 2.33. The summed E-state index contributed by atoms with van der Waals surface area (Å²) in [5, 5.41) is 32.9. The molecule has 0 atom stereocenters. The quantitative estimate of drug-likeness (QED) is 0.161. The third-order valence-electron chi connectivity index (χ3n) is 6.27. The number of aliphatic hydroxyl groups excluding tert-OH is 1. The second-order valence-corrected chi connectivity index (χ2v) is 8.72. The first-order valence-corrected chi connectivity index (χ1v) is 12.9. The van der Waals surface area contributed by atoms with Gasteiger partial charge in [-0.15, -0.1) is 0 Å². The molecule has 0 spiro atoms. The Morgan fingerprint density at radius 2 is 1.66 bits per heavy atom. The fourth-order valence-electron chi connectivity index (χ4n) is 4.51. The summed E-state index contributed by atoms with van der Waals surface area (Å²) in [5.74, 6) is -0.709. The molecular formula is C28H36BN3O6. The number of nitrogens with zero attached hydrogens (tertiary/aromatic N) is 2. The van der Waals surface area contributed by atoms with E-state index >= 15 is 0 Å². The van der Waals surface area contributed by atoms with Crippen LogP contribution in [-0.4, -0.2) is 90.4 Å². The van der Waals surface area contributed by atoms with E-state index in [-0.39, 0.29) is 38.2 Å². The Hall–Kier alpha value is -3.28. The zero-order valence-corrected chi connectivity index (χ0v) is 22.2. The summed E-state index contributed by atoms with van der Waals surface area (Å²) in [4.78, 5) is 29.4. The average Bonchev–Trinajstić information content (AvgIpc) is 2.93. The number of hydrogen-bond acceptors (Lipinski definition) is 8. The molecule has 9 nitrogen and oxygen atoms in total. The number of amides is 2. The van der Waals surface area contributed by atoms with Crippen LogP contribution < -0.4 is 10.8 Å². The first-order chi connectivity index (χ1) is 18.4. The van der Waals surface area contributed by atoms with Crippen molar-refractivity contribution in [2.75, 3.05) is 51.8 Å². The number of benzene rings is 3. The molecule has 0 fully saturated rings. The molecule has 4 N–H and O–H groups in total. The van der Waals surface area contributed by atoms with E-state index in [0.717, 1.165) is 16.6 Å². The lowest BCUT2D eigenvalue weighted by Gasteiger charge is -2.28. The molecule has 3 aromatic carbocycles. The highest BCUT2D eigenvalue weighted by molar-refractivity contribution is 6.59. The monoisotopic (exact) mass is 521 g/mol. The van der Waals surface area contributed by atoms with Crippen LogP contribution in [0.4, 0.5) is 5.69 Å². The molecule has 10 heteroatoms. The van der Waals surface area contributed by atoms with Gasteiger partial charge in [0.05, 0.1) is 26.4 Å². The number of carbonyl (C=O) groups is 2. The van der Waals surface area contributed by atoms with Crippen molar-refractivity contribution in [2.24, 2.45) is 0 Å². The predicted octanol–water partition coefficient (Wildman–Crippen LogP) is 1.69. The van der Waals surface area contributed by atoms with E-state index in [9.17, 15) is 19.6 Å². The number of likely N-dealkylation sites (N-methyl/N-ethyl adjacent to an activating group) is 1. The zero-order chi connectivity index (χ0) is 27.7. The third-order valence-corrected chi connectivity index (χ3v) is 6.27.